The zero-order chi connectivity index (χ0) is 15.4. The summed E-state index contributed by atoms with van der Waals surface area (Å²) in [6.07, 6.45) is 0. The minimum Gasteiger partial charge on any atom is -0.398 e. The Balaban J connectivity index is 1.96. The molecule has 0 atom stereocenters. The van der Waals surface area contributed by atoms with Crippen molar-refractivity contribution in [2.45, 2.75) is 4.90 Å². The Bertz CT molecular complexity index is 679. The van der Waals surface area contributed by atoms with E-state index in [2.05, 4.69) is 5.32 Å². The highest BCUT2D eigenvalue weighted by molar-refractivity contribution is 8.00. The largest absolute Gasteiger partial charge is 0.398 e. The Morgan fingerprint density at radius 3 is 2.43 bits per heavy atom. The number of carbonyl (C=O) groups excluding carboxylic acids is 1. The molecule has 0 aromatic heterocycles. The van der Waals surface area contributed by atoms with Gasteiger partial charge in [0.05, 0.1) is 11.4 Å². The van der Waals surface area contributed by atoms with E-state index in [1.165, 1.54) is 12.1 Å². The van der Waals surface area contributed by atoms with E-state index >= 15 is 0 Å². The van der Waals surface area contributed by atoms with E-state index in [-0.39, 0.29) is 17.1 Å². The summed E-state index contributed by atoms with van der Waals surface area (Å²) in [4.78, 5) is 12.2. The molecular formula is C14H11F3N2OS. The second-order valence-electron chi connectivity index (χ2n) is 4.14. The number of hydrogen-bond acceptors (Lipinski definition) is 3. The van der Waals surface area contributed by atoms with Gasteiger partial charge in [-0.25, -0.2) is 13.2 Å². The minimum atomic E-state index is -0.852. The summed E-state index contributed by atoms with van der Waals surface area (Å²) >= 11 is 1.09. The predicted octanol–water partition coefficient (Wildman–Crippen LogP) is 3.42. The van der Waals surface area contributed by atoms with Gasteiger partial charge in [-0.3, -0.25) is 4.79 Å². The molecule has 21 heavy (non-hydrogen) atoms. The van der Waals surface area contributed by atoms with E-state index in [4.69, 9.17) is 5.73 Å². The first-order valence-electron chi connectivity index (χ1n) is 5.88. The van der Waals surface area contributed by atoms with Crippen molar-refractivity contribution < 1.29 is 18.0 Å². The van der Waals surface area contributed by atoms with E-state index in [0.717, 1.165) is 30.0 Å². The van der Waals surface area contributed by atoms with Crippen molar-refractivity contribution in [3.8, 4) is 0 Å². The number of benzene rings is 2. The normalized spacial score (nSPS) is 10.4. The van der Waals surface area contributed by atoms with Crippen molar-refractivity contribution in [3.63, 3.8) is 0 Å². The summed E-state index contributed by atoms with van der Waals surface area (Å²) < 4.78 is 39.0. The van der Waals surface area contributed by atoms with Crippen molar-refractivity contribution in [2.75, 3.05) is 16.8 Å². The number of nitrogens with one attached hydrogen (secondary N) is 1. The SMILES string of the molecule is Nc1cc(F)ccc1SCC(=O)Nc1ccc(F)cc1F. The molecule has 0 spiro atoms. The van der Waals surface area contributed by atoms with Gasteiger partial charge in [0.25, 0.3) is 0 Å². The van der Waals surface area contributed by atoms with Crippen LogP contribution in [0.1, 0.15) is 0 Å². The topological polar surface area (TPSA) is 55.1 Å². The molecule has 0 aliphatic heterocycles. The molecular weight excluding hydrogens is 301 g/mol. The molecule has 2 rings (SSSR count). The molecule has 2 aromatic rings. The molecule has 0 aliphatic rings. The molecule has 7 heteroatoms. The van der Waals surface area contributed by atoms with Gasteiger partial charge in [-0.2, -0.15) is 0 Å². The number of rotatable bonds is 4. The van der Waals surface area contributed by atoms with Crippen LogP contribution in [0.2, 0.25) is 0 Å². The maximum atomic E-state index is 13.4. The van der Waals surface area contributed by atoms with Gasteiger partial charge in [-0.1, -0.05) is 0 Å². The van der Waals surface area contributed by atoms with Crippen LogP contribution >= 0.6 is 11.8 Å². The number of halogens is 3. The average Bonchev–Trinajstić information content (AvgIpc) is 2.41. The second kappa shape index (κ2) is 6.53. The van der Waals surface area contributed by atoms with Crippen LogP contribution in [0.3, 0.4) is 0 Å². The minimum absolute atomic E-state index is 0.0351. The lowest BCUT2D eigenvalue weighted by atomic mass is 10.3. The first kappa shape index (κ1) is 15.2. The summed E-state index contributed by atoms with van der Waals surface area (Å²) in [6, 6.07) is 6.71. The number of carbonyl (C=O) groups is 1. The molecule has 0 aliphatic carbocycles. The summed E-state index contributed by atoms with van der Waals surface area (Å²) in [6.45, 7) is 0. The number of thioether (sulfide) groups is 1. The first-order chi connectivity index (χ1) is 9.95. The molecule has 2 aromatic carbocycles. The van der Waals surface area contributed by atoms with E-state index < -0.39 is 23.4 Å². The van der Waals surface area contributed by atoms with Crippen LogP contribution in [0.4, 0.5) is 24.5 Å². The van der Waals surface area contributed by atoms with Gasteiger partial charge in [-0.15, -0.1) is 11.8 Å². The van der Waals surface area contributed by atoms with Crippen molar-refractivity contribution in [3.05, 3.63) is 53.8 Å². The van der Waals surface area contributed by atoms with Gasteiger partial charge in [0.1, 0.15) is 17.5 Å². The lowest BCUT2D eigenvalue weighted by Crippen LogP contribution is -2.15. The Hall–Kier alpha value is -2.15. The number of anilines is 2. The highest BCUT2D eigenvalue weighted by atomic mass is 32.2. The van der Waals surface area contributed by atoms with Gasteiger partial charge >= 0.3 is 0 Å². The third-order valence-corrected chi connectivity index (χ3v) is 3.63. The van der Waals surface area contributed by atoms with Crippen molar-refractivity contribution in [2.24, 2.45) is 0 Å². The smallest absolute Gasteiger partial charge is 0.234 e. The maximum absolute atomic E-state index is 13.4. The van der Waals surface area contributed by atoms with Gasteiger partial charge < -0.3 is 11.1 Å². The fraction of sp³-hybridized carbons (Fsp3) is 0.0714. The summed E-state index contributed by atoms with van der Waals surface area (Å²) in [7, 11) is 0. The van der Waals surface area contributed by atoms with Crippen LogP contribution in [0.5, 0.6) is 0 Å². The molecule has 0 bridgehead atoms. The molecule has 0 saturated heterocycles. The molecule has 0 saturated carbocycles. The van der Waals surface area contributed by atoms with Gasteiger partial charge in [-0.05, 0) is 30.3 Å². The standard InChI is InChI=1S/C14H11F3N2OS/c15-8-1-3-12(10(17)5-8)19-14(20)7-21-13-4-2-9(16)6-11(13)18/h1-6H,7,18H2,(H,19,20). The maximum Gasteiger partial charge on any atom is 0.234 e. The fourth-order valence-electron chi connectivity index (χ4n) is 1.57. The Labute approximate surface area is 123 Å². The molecule has 0 fully saturated rings. The zero-order valence-corrected chi connectivity index (χ0v) is 11.5. The van der Waals surface area contributed by atoms with Crippen LogP contribution in [-0.2, 0) is 4.79 Å². The van der Waals surface area contributed by atoms with E-state index in [1.54, 1.807) is 0 Å². The monoisotopic (exact) mass is 312 g/mol. The van der Waals surface area contributed by atoms with Crippen LogP contribution in [0.15, 0.2) is 41.3 Å². The molecule has 0 heterocycles. The van der Waals surface area contributed by atoms with E-state index in [1.807, 2.05) is 0 Å². The third-order valence-electron chi connectivity index (χ3n) is 2.54. The molecule has 0 radical (unpaired) electrons. The summed E-state index contributed by atoms with van der Waals surface area (Å²) in [5, 5.41) is 2.32. The van der Waals surface area contributed by atoms with Crippen LogP contribution < -0.4 is 11.1 Å². The first-order valence-corrected chi connectivity index (χ1v) is 6.87. The molecule has 1 amide bonds. The molecule has 3 N–H and O–H groups in total. The second-order valence-corrected chi connectivity index (χ2v) is 5.16. The highest BCUT2D eigenvalue weighted by Crippen LogP contribution is 2.25. The number of hydrogen-bond donors (Lipinski definition) is 2. The van der Waals surface area contributed by atoms with E-state index in [0.29, 0.717) is 11.0 Å². The number of amides is 1. The van der Waals surface area contributed by atoms with Crippen molar-refractivity contribution in [1.29, 1.82) is 0 Å². The Morgan fingerprint density at radius 2 is 1.76 bits per heavy atom. The van der Waals surface area contributed by atoms with Crippen molar-refractivity contribution >= 4 is 29.0 Å². The van der Waals surface area contributed by atoms with Gasteiger partial charge in [0, 0.05) is 16.6 Å². The number of nitrogens with two attached hydrogens (primary N) is 1. The van der Waals surface area contributed by atoms with Crippen LogP contribution in [0.25, 0.3) is 0 Å². The predicted molar refractivity (Wildman–Crippen MR) is 76.5 cm³/mol. The fourth-order valence-corrected chi connectivity index (χ4v) is 2.32. The molecule has 3 nitrogen and oxygen atoms in total. The van der Waals surface area contributed by atoms with Gasteiger partial charge in [0.15, 0.2) is 0 Å². The van der Waals surface area contributed by atoms with Gasteiger partial charge in [0.2, 0.25) is 5.91 Å². The van der Waals surface area contributed by atoms with Crippen LogP contribution in [-0.4, -0.2) is 11.7 Å². The molecule has 110 valence electrons. The van der Waals surface area contributed by atoms with Crippen molar-refractivity contribution in [1.82, 2.24) is 0 Å². The quantitative estimate of drug-likeness (QED) is 0.672. The zero-order valence-electron chi connectivity index (χ0n) is 10.7. The average molecular weight is 312 g/mol. The lowest BCUT2D eigenvalue weighted by Gasteiger charge is -2.07. The van der Waals surface area contributed by atoms with E-state index in [9.17, 15) is 18.0 Å². The third kappa shape index (κ3) is 4.16. The van der Waals surface area contributed by atoms with Crippen LogP contribution in [0, 0.1) is 17.5 Å². The highest BCUT2D eigenvalue weighted by Gasteiger charge is 2.10. The Kier molecular flexibility index (Phi) is 4.74. The summed E-state index contributed by atoms with van der Waals surface area (Å²) in [5.74, 6) is -2.55. The summed E-state index contributed by atoms with van der Waals surface area (Å²) in [5.41, 5.74) is 5.73. The number of nitrogen functional groups attached to an aromatic ring is 1. The Morgan fingerprint density at radius 1 is 1.10 bits per heavy atom. The lowest BCUT2D eigenvalue weighted by molar-refractivity contribution is -0.113. The molecule has 0 unspecified atom stereocenters.